The Kier molecular flexibility index (Phi) is 9.82. The van der Waals surface area contributed by atoms with E-state index in [1.54, 1.807) is 27.7 Å². The molecule has 0 aromatic heterocycles. The van der Waals surface area contributed by atoms with E-state index in [2.05, 4.69) is 17.6 Å². The summed E-state index contributed by atoms with van der Waals surface area (Å²) in [5, 5.41) is 5.59. The number of amides is 3. The molecule has 0 bridgehead atoms. The molecule has 3 unspecified atom stereocenters. The Morgan fingerprint density at radius 1 is 1.03 bits per heavy atom. The quantitative estimate of drug-likeness (QED) is 0.637. The van der Waals surface area contributed by atoms with Gasteiger partial charge in [0.05, 0.1) is 0 Å². The zero-order valence-corrected chi connectivity index (χ0v) is 19.3. The molecule has 1 rings (SSSR count). The van der Waals surface area contributed by atoms with Crippen LogP contribution in [0, 0.1) is 0 Å². The van der Waals surface area contributed by atoms with Crippen molar-refractivity contribution in [3.8, 4) is 0 Å². The van der Waals surface area contributed by atoms with Crippen LogP contribution in [0.25, 0.3) is 0 Å². The van der Waals surface area contributed by atoms with E-state index in [1.165, 1.54) is 4.90 Å². The van der Waals surface area contributed by atoms with Crippen LogP contribution in [0.1, 0.15) is 72.9 Å². The standard InChI is InChI=1S/C23H37N3O4/c1-8-13-16(3)24-20(27)19(18-14-11-10-12-15-18)26(9-2)21(28)17(4)25-22(29)30-23(5,6)7/h10-12,14-17,19H,8-9,13H2,1-7H3,(H,24,27)(H,25,29). The number of hydrogen-bond donors (Lipinski definition) is 2. The molecule has 0 heterocycles. The first kappa shape index (κ1) is 25.5. The monoisotopic (exact) mass is 419 g/mol. The fraction of sp³-hybridized carbons (Fsp3) is 0.609. The summed E-state index contributed by atoms with van der Waals surface area (Å²) in [7, 11) is 0. The average Bonchev–Trinajstić information content (AvgIpc) is 2.64. The Hall–Kier alpha value is -2.57. The summed E-state index contributed by atoms with van der Waals surface area (Å²) >= 11 is 0. The summed E-state index contributed by atoms with van der Waals surface area (Å²) in [4.78, 5) is 39.9. The number of benzene rings is 1. The number of nitrogens with one attached hydrogen (secondary N) is 2. The van der Waals surface area contributed by atoms with Gasteiger partial charge < -0.3 is 20.3 Å². The molecule has 7 heteroatoms. The van der Waals surface area contributed by atoms with Gasteiger partial charge in [0, 0.05) is 12.6 Å². The van der Waals surface area contributed by atoms with Crippen molar-refractivity contribution in [1.82, 2.24) is 15.5 Å². The van der Waals surface area contributed by atoms with Crippen molar-refractivity contribution in [3.05, 3.63) is 35.9 Å². The van der Waals surface area contributed by atoms with Crippen LogP contribution in [0.15, 0.2) is 30.3 Å². The number of carbonyl (C=O) groups excluding carboxylic acids is 3. The van der Waals surface area contributed by atoms with Crippen molar-refractivity contribution in [2.24, 2.45) is 0 Å². The first-order chi connectivity index (χ1) is 14.0. The van der Waals surface area contributed by atoms with Crippen molar-refractivity contribution in [1.29, 1.82) is 0 Å². The lowest BCUT2D eigenvalue weighted by molar-refractivity contribution is -0.142. The van der Waals surface area contributed by atoms with Gasteiger partial charge in [-0.05, 0) is 53.5 Å². The lowest BCUT2D eigenvalue weighted by Gasteiger charge is -2.33. The van der Waals surface area contributed by atoms with Crippen LogP contribution in [0.4, 0.5) is 4.79 Å². The summed E-state index contributed by atoms with van der Waals surface area (Å²) in [6.07, 6.45) is 1.13. The van der Waals surface area contributed by atoms with E-state index in [9.17, 15) is 14.4 Å². The summed E-state index contributed by atoms with van der Waals surface area (Å²) < 4.78 is 5.24. The zero-order chi connectivity index (χ0) is 22.9. The van der Waals surface area contributed by atoms with E-state index in [0.717, 1.165) is 18.4 Å². The fourth-order valence-electron chi connectivity index (χ4n) is 3.20. The molecular formula is C23H37N3O4. The molecule has 0 saturated heterocycles. The molecule has 0 aliphatic rings. The molecule has 0 fully saturated rings. The second-order valence-electron chi connectivity index (χ2n) is 8.50. The van der Waals surface area contributed by atoms with Gasteiger partial charge in [-0.15, -0.1) is 0 Å². The molecule has 0 aliphatic carbocycles. The minimum Gasteiger partial charge on any atom is -0.444 e. The van der Waals surface area contributed by atoms with E-state index in [4.69, 9.17) is 4.74 Å². The number of nitrogens with zero attached hydrogens (tertiary/aromatic N) is 1. The van der Waals surface area contributed by atoms with E-state index in [0.29, 0.717) is 6.54 Å². The van der Waals surface area contributed by atoms with Gasteiger partial charge >= 0.3 is 6.09 Å². The van der Waals surface area contributed by atoms with Crippen LogP contribution in [-0.2, 0) is 14.3 Å². The molecule has 1 aromatic carbocycles. The van der Waals surface area contributed by atoms with Gasteiger partial charge in [-0.3, -0.25) is 9.59 Å². The predicted molar refractivity (Wildman–Crippen MR) is 118 cm³/mol. The minimum atomic E-state index is -0.841. The molecule has 1 aromatic rings. The first-order valence-corrected chi connectivity index (χ1v) is 10.6. The lowest BCUT2D eigenvalue weighted by atomic mass is 10.0. The molecule has 30 heavy (non-hydrogen) atoms. The SMILES string of the molecule is CCCC(C)NC(=O)C(c1ccccc1)N(CC)C(=O)C(C)NC(=O)OC(C)(C)C. The molecule has 0 spiro atoms. The van der Waals surface area contributed by atoms with Crippen LogP contribution >= 0.6 is 0 Å². The Morgan fingerprint density at radius 3 is 2.13 bits per heavy atom. The summed E-state index contributed by atoms with van der Waals surface area (Å²) in [5.74, 6) is -0.586. The highest BCUT2D eigenvalue weighted by Crippen LogP contribution is 2.22. The van der Waals surface area contributed by atoms with Gasteiger partial charge in [0.1, 0.15) is 17.7 Å². The normalized spacial score (nSPS) is 14.2. The Balaban J connectivity index is 3.08. The summed E-state index contributed by atoms with van der Waals surface area (Å²) in [5.41, 5.74) is 0.0532. The molecule has 0 saturated carbocycles. The maximum atomic E-state index is 13.2. The molecule has 2 N–H and O–H groups in total. The highest BCUT2D eigenvalue weighted by Gasteiger charge is 2.34. The maximum Gasteiger partial charge on any atom is 0.408 e. The molecular weight excluding hydrogens is 382 g/mol. The summed E-state index contributed by atoms with van der Waals surface area (Å²) in [6.45, 7) is 13.0. The second kappa shape index (κ2) is 11.6. The molecule has 0 aliphatic heterocycles. The smallest absolute Gasteiger partial charge is 0.408 e. The lowest BCUT2D eigenvalue weighted by Crippen LogP contribution is -2.52. The highest BCUT2D eigenvalue weighted by molar-refractivity contribution is 5.92. The maximum absolute atomic E-state index is 13.2. The van der Waals surface area contributed by atoms with Gasteiger partial charge in [-0.1, -0.05) is 43.7 Å². The largest absolute Gasteiger partial charge is 0.444 e. The van der Waals surface area contributed by atoms with Crippen molar-refractivity contribution >= 4 is 17.9 Å². The van der Waals surface area contributed by atoms with Crippen LogP contribution in [0.5, 0.6) is 0 Å². The van der Waals surface area contributed by atoms with Crippen LogP contribution in [-0.4, -0.2) is 47.0 Å². The van der Waals surface area contributed by atoms with Crippen LogP contribution in [0.3, 0.4) is 0 Å². The number of carbonyl (C=O) groups is 3. The Morgan fingerprint density at radius 2 is 1.63 bits per heavy atom. The van der Waals surface area contributed by atoms with Gasteiger partial charge in [0.15, 0.2) is 0 Å². The molecule has 3 atom stereocenters. The van der Waals surface area contributed by atoms with Crippen molar-refractivity contribution in [3.63, 3.8) is 0 Å². The Labute approximate surface area is 180 Å². The van der Waals surface area contributed by atoms with E-state index in [1.807, 2.05) is 44.2 Å². The van der Waals surface area contributed by atoms with E-state index < -0.39 is 23.8 Å². The molecule has 168 valence electrons. The zero-order valence-electron chi connectivity index (χ0n) is 19.3. The van der Waals surface area contributed by atoms with E-state index >= 15 is 0 Å². The predicted octanol–water partition coefficient (Wildman–Crippen LogP) is 3.79. The van der Waals surface area contributed by atoms with Gasteiger partial charge in [0.25, 0.3) is 0 Å². The summed E-state index contributed by atoms with van der Waals surface area (Å²) in [6, 6.07) is 7.57. The van der Waals surface area contributed by atoms with Gasteiger partial charge in [0.2, 0.25) is 11.8 Å². The van der Waals surface area contributed by atoms with Crippen molar-refractivity contribution < 1.29 is 19.1 Å². The van der Waals surface area contributed by atoms with Crippen LogP contribution in [0.2, 0.25) is 0 Å². The van der Waals surface area contributed by atoms with Gasteiger partial charge in [-0.2, -0.15) is 0 Å². The fourth-order valence-corrected chi connectivity index (χ4v) is 3.20. The highest BCUT2D eigenvalue weighted by atomic mass is 16.6. The topological polar surface area (TPSA) is 87.7 Å². The number of alkyl carbamates (subject to hydrolysis) is 1. The average molecular weight is 420 g/mol. The number of ether oxygens (including phenoxy) is 1. The van der Waals surface area contributed by atoms with Crippen molar-refractivity contribution in [2.45, 2.75) is 85.0 Å². The third-order valence-corrected chi connectivity index (χ3v) is 4.51. The number of likely N-dealkylation sites (N-methyl/N-ethyl adjacent to an activating group) is 1. The molecule has 3 amide bonds. The minimum absolute atomic E-state index is 0.000155. The van der Waals surface area contributed by atoms with Crippen molar-refractivity contribution in [2.75, 3.05) is 6.54 Å². The third kappa shape index (κ3) is 8.05. The molecule has 0 radical (unpaired) electrons. The first-order valence-electron chi connectivity index (χ1n) is 10.6. The number of hydrogen-bond acceptors (Lipinski definition) is 4. The third-order valence-electron chi connectivity index (χ3n) is 4.51. The van der Waals surface area contributed by atoms with E-state index in [-0.39, 0.29) is 17.9 Å². The molecule has 7 nitrogen and oxygen atoms in total. The second-order valence-corrected chi connectivity index (χ2v) is 8.50. The van der Waals surface area contributed by atoms with Gasteiger partial charge in [-0.25, -0.2) is 4.79 Å². The van der Waals surface area contributed by atoms with Crippen LogP contribution < -0.4 is 10.6 Å². The number of rotatable bonds is 9. The Bertz CT molecular complexity index is 700.